The fraction of sp³-hybridized carbons (Fsp3) is 0.273. The maximum Gasteiger partial charge on any atom is 0.307 e. The van der Waals surface area contributed by atoms with Crippen molar-refractivity contribution in [1.29, 1.82) is 0 Å². The number of nitro benzene ring substituents is 1. The Morgan fingerprint density at radius 3 is 2.74 bits per heavy atom. The first-order valence-corrected chi connectivity index (χ1v) is 6.04. The lowest BCUT2D eigenvalue weighted by Gasteiger charge is -2.06. The standard InChI is InChI=1S/C11H11BrN2O5/c1-19-9(15)5-6-13-11(16)7-3-2-4-8(10(7)12)14(17)18/h2-4H,5-6H2,1H3,(H,13,16). The van der Waals surface area contributed by atoms with Crippen LogP contribution in [0, 0.1) is 10.1 Å². The van der Waals surface area contributed by atoms with Crippen LogP contribution in [0.2, 0.25) is 0 Å². The molecule has 0 radical (unpaired) electrons. The number of hydrogen-bond donors (Lipinski definition) is 1. The smallest absolute Gasteiger partial charge is 0.307 e. The lowest BCUT2D eigenvalue weighted by molar-refractivity contribution is -0.385. The zero-order chi connectivity index (χ0) is 14.4. The highest BCUT2D eigenvalue weighted by molar-refractivity contribution is 9.10. The molecular formula is C11H11BrN2O5. The van der Waals surface area contributed by atoms with Gasteiger partial charge in [0.2, 0.25) is 0 Å². The van der Waals surface area contributed by atoms with Gasteiger partial charge in [0.1, 0.15) is 4.47 Å². The van der Waals surface area contributed by atoms with Crippen LogP contribution in [-0.2, 0) is 9.53 Å². The highest BCUT2D eigenvalue weighted by atomic mass is 79.9. The second-order valence-electron chi connectivity index (χ2n) is 3.48. The van der Waals surface area contributed by atoms with Crippen molar-refractivity contribution in [2.24, 2.45) is 0 Å². The van der Waals surface area contributed by atoms with Gasteiger partial charge >= 0.3 is 5.97 Å². The van der Waals surface area contributed by atoms with E-state index in [-0.39, 0.29) is 28.7 Å². The monoisotopic (exact) mass is 330 g/mol. The zero-order valence-corrected chi connectivity index (χ0v) is 11.6. The van der Waals surface area contributed by atoms with Gasteiger partial charge in [-0.1, -0.05) is 6.07 Å². The molecule has 1 amide bonds. The van der Waals surface area contributed by atoms with Gasteiger partial charge in [0.15, 0.2) is 0 Å². The van der Waals surface area contributed by atoms with E-state index in [1.807, 2.05) is 0 Å². The normalized spacial score (nSPS) is 9.79. The summed E-state index contributed by atoms with van der Waals surface area (Å²) in [6, 6.07) is 4.15. The molecule has 0 aromatic heterocycles. The Morgan fingerprint density at radius 2 is 2.16 bits per heavy atom. The number of nitrogens with zero attached hydrogens (tertiary/aromatic N) is 1. The summed E-state index contributed by atoms with van der Waals surface area (Å²) < 4.78 is 4.53. The van der Waals surface area contributed by atoms with Crippen molar-refractivity contribution in [2.45, 2.75) is 6.42 Å². The van der Waals surface area contributed by atoms with Crippen molar-refractivity contribution in [1.82, 2.24) is 5.32 Å². The number of rotatable bonds is 5. The number of ether oxygens (including phenoxy) is 1. The van der Waals surface area contributed by atoms with Crippen LogP contribution in [0.25, 0.3) is 0 Å². The molecule has 0 saturated heterocycles. The third kappa shape index (κ3) is 4.02. The molecule has 8 heteroatoms. The van der Waals surface area contributed by atoms with Crippen molar-refractivity contribution in [3.63, 3.8) is 0 Å². The average molecular weight is 331 g/mol. The number of amides is 1. The molecule has 0 bridgehead atoms. The minimum Gasteiger partial charge on any atom is -0.469 e. The second-order valence-corrected chi connectivity index (χ2v) is 4.27. The summed E-state index contributed by atoms with van der Waals surface area (Å²) in [7, 11) is 1.25. The topological polar surface area (TPSA) is 98.5 Å². The van der Waals surface area contributed by atoms with Crippen LogP contribution >= 0.6 is 15.9 Å². The molecule has 0 heterocycles. The van der Waals surface area contributed by atoms with Gasteiger partial charge < -0.3 is 10.1 Å². The summed E-state index contributed by atoms with van der Waals surface area (Å²) in [5.41, 5.74) is -0.0558. The van der Waals surface area contributed by atoms with E-state index in [2.05, 4.69) is 26.0 Å². The zero-order valence-electron chi connectivity index (χ0n) is 10.0. The van der Waals surface area contributed by atoms with Crippen LogP contribution < -0.4 is 5.32 Å². The lowest BCUT2D eigenvalue weighted by Crippen LogP contribution is -2.26. The summed E-state index contributed by atoms with van der Waals surface area (Å²) >= 11 is 3.02. The molecule has 7 nitrogen and oxygen atoms in total. The number of halogens is 1. The van der Waals surface area contributed by atoms with Crippen molar-refractivity contribution in [3.8, 4) is 0 Å². The van der Waals surface area contributed by atoms with Crippen molar-refractivity contribution >= 4 is 33.5 Å². The van der Waals surface area contributed by atoms with E-state index in [0.717, 1.165) is 0 Å². The Labute approximate surface area is 117 Å². The Bertz CT molecular complexity index is 518. The number of hydrogen-bond acceptors (Lipinski definition) is 5. The third-order valence-corrected chi connectivity index (χ3v) is 3.10. The van der Waals surface area contributed by atoms with Gasteiger partial charge in [0, 0.05) is 12.6 Å². The molecule has 19 heavy (non-hydrogen) atoms. The van der Waals surface area contributed by atoms with Crippen LogP contribution in [0.5, 0.6) is 0 Å². The largest absolute Gasteiger partial charge is 0.469 e. The van der Waals surface area contributed by atoms with Crippen LogP contribution in [0.3, 0.4) is 0 Å². The van der Waals surface area contributed by atoms with Crippen LogP contribution in [0.15, 0.2) is 22.7 Å². The van der Waals surface area contributed by atoms with Gasteiger partial charge in [-0.05, 0) is 22.0 Å². The number of nitro groups is 1. The minimum absolute atomic E-state index is 0.0365. The SMILES string of the molecule is COC(=O)CCNC(=O)c1cccc([N+](=O)[O-])c1Br. The Kier molecular flexibility index (Phi) is 5.43. The average Bonchev–Trinajstić information content (AvgIpc) is 2.38. The van der Waals surface area contributed by atoms with E-state index in [0.29, 0.717) is 0 Å². The fourth-order valence-corrected chi connectivity index (χ4v) is 1.90. The molecule has 0 aliphatic carbocycles. The fourth-order valence-electron chi connectivity index (χ4n) is 1.31. The van der Waals surface area contributed by atoms with Gasteiger partial charge in [0.05, 0.1) is 24.0 Å². The molecule has 0 atom stereocenters. The van der Waals surface area contributed by atoms with E-state index in [1.165, 1.54) is 25.3 Å². The molecular weight excluding hydrogens is 320 g/mol. The third-order valence-electron chi connectivity index (χ3n) is 2.26. The summed E-state index contributed by atoms with van der Waals surface area (Å²) in [5, 5.41) is 13.2. The van der Waals surface area contributed by atoms with Crippen LogP contribution in [0.1, 0.15) is 16.8 Å². The molecule has 0 spiro atoms. The molecule has 1 rings (SSSR count). The first-order valence-electron chi connectivity index (χ1n) is 5.25. The van der Waals surface area contributed by atoms with E-state index in [9.17, 15) is 19.7 Å². The van der Waals surface area contributed by atoms with E-state index < -0.39 is 16.8 Å². The molecule has 1 aromatic rings. The van der Waals surface area contributed by atoms with Gasteiger partial charge in [-0.15, -0.1) is 0 Å². The number of nitrogens with one attached hydrogen (secondary N) is 1. The summed E-state index contributed by atoms with van der Waals surface area (Å²) in [4.78, 5) is 32.8. The van der Waals surface area contributed by atoms with Crippen LogP contribution in [-0.4, -0.2) is 30.5 Å². The van der Waals surface area contributed by atoms with E-state index in [1.54, 1.807) is 0 Å². The number of carbonyl (C=O) groups is 2. The molecule has 0 unspecified atom stereocenters. The second kappa shape index (κ2) is 6.83. The number of carbonyl (C=O) groups excluding carboxylic acids is 2. The highest BCUT2D eigenvalue weighted by Crippen LogP contribution is 2.28. The first-order chi connectivity index (χ1) is 8.97. The van der Waals surface area contributed by atoms with E-state index >= 15 is 0 Å². The Balaban J connectivity index is 2.75. The highest BCUT2D eigenvalue weighted by Gasteiger charge is 2.19. The van der Waals surface area contributed by atoms with Crippen molar-refractivity contribution in [3.05, 3.63) is 38.3 Å². The summed E-state index contributed by atoms with van der Waals surface area (Å²) in [6.07, 6.45) is 0.0365. The van der Waals surface area contributed by atoms with Crippen molar-refractivity contribution < 1.29 is 19.2 Å². The Morgan fingerprint density at radius 1 is 1.47 bits per heavy atom. The number of methoxy groups -OCH3 is 1. The predicted molar refractivity (Wildman–Crippen MR) is 69.8 cm³/mol. The lowest BCUT2D eigenvalue weighted by atomic mass is 10.2. The molecule has 1 N–H and O–H groups in total. The van der Waals surface area contributed by atoms with Gasteiger partial charge in [-0.3, -0.25) is 19.7 Å². The molecule has 1 aromatic carbocycles. The summed E-state index contributed by atoms with van der Waals surface area (Å²) in [6.45, 7) is 0.0979. The predicted octanol–water partition coefficient (Wildman–Crippen LogP) is 1.65. The Hall–Kier alpha value is -1.96. The molecule has 102 valence electrons. The van der Waals surface area contributed by atoms with Crippen molar-refractivity contribution in [2.75, 3.05) is 13.7 Å². The molecule has 0 fully saturated rings. The van der Waals surface area contributed by atoms with Gasteiger partial charge in [-0.25, -0.2) is 0 Å². The first kappa shape index (κ1) is 15.1. The maximum absolute atomic E-state index is 11.8. The van der Waals surface area contributed by atoms with E-state index in [4.69, 9.17) is 0 Å². The van der Waals surface area contributed by atoms with Gasteiger partial charge in [0.25, 0.3) is 11.6 Å². The van der Waals surface area contributed by atoms with Gasteiger partial charge in [-0.2, -0.15) is 0 Å². The molecule has 0 aliphatic rings. The minimum atomic E-state index is -0.588. The number of benzene rings is 1. The molecule has 0 saturated carbocycles. The quantitative estimate of drug-likeness (QED) is 0.502. The summed E-state index contributed by atoms with van der Waals surface area (Å²) in [5.74, 6) is -0.946. The molecule has 0 aliphatic heterocycles. The maximum atomic E-state index is 11.8. The van der Waals surface area contributed by atoms with Crippen LogP contribution in [0.4, 0.5) is 5.69 Å². The number of esters is 1.